The standard InChI is InChI=1S/C15H18N2/c1-12-6-8-14(9-7-12)13(2)17-11-15-5-3-4-10-16-15/h3-10,13,17H,11H2,1-2H3. The molecule has 0 bridgehead atoms. The highest BCUT2D eigenvalue weighted by atomic mass is 14.9. The van der Waals surface area contributed by atoms with Gasteiger partial charge in [-0.3, -0.25) is 4.98 Å². The van der Waals surface area contributed by atoms with E-state index in [1.54, 1.807) is 0 Å². The lowest BCUT2D eigenvalue weighted by atomic mass is 10.1. The first-order valence-electron chi connectivity index (χ1n) is 5.95. The number of rotatable bonds is 4. The van der Waals surface area contributed by atoms with E-state index in [9.17, 15) is 0 Å². The molecule has 1 N–H and O–H groups in total. The van der Waals surface area contributed by atoms with Gasteiger partial charge in [-0.15, -0.1) is 0 Å². The molecule has 1 atom stereocenters. The van der Waals surface area contributed by atoms with Gasteiger partial charge >= 0.3 is 0 Å². The van der Waals surface area contributed by atoms with Crippen molar-refractivity contribution in [3.05, 3.63) is 65.5 Å². The molecule has 1 unspecified atom stereocenters. The molecule has 1 heterocycles. The third kappa shape index (κ3) is 3.40. The highest BCUT2D eigenvalue weighted by Crippen LogP contribution is 2.13. The van der Waals surface area contributed by atoms with Crippen LogP contribution in [0.5, 0.6) is 0 Å². The number of nitrogens with zero attached hydrogens (tertiary/aromatic N) is 1. The maximum atomic E-state index is 4.30. The van der Waals surface area contributed by atoms with Crippen molar-refractivity contribution in [3.8, 4) is 0 Å². The summed E-state index contributed by atoms with van der Waals surface area (Å²) in [6, 6.07) is 15.0. The molecular weight excluding hydrogens is 208 g/mol. The van der Waals surface area contributed by atoms with Crippen molar-refractivity contribution in [2.45, 2.75) is 26.4 Å². The van der Waals surface area contributed by atoms with Crippen molar-refractivity contribution < 1.29 is 0 Å². The van der Waals surface area contributed by atoms with Crippen LogP contribution in [0, 0.1) is 6.92 Å². The Kier molecular flexibility index (Phi) is 3.89. The molecule has 2 nitrogen and oxygen atoms in total. The van der Waals surface area contributed by atoms with Crippen molar-refractivity contribution >= 4 is 0 Å². The first-order chi connectivity index (χ1) is 8.25. The zero-order chi connectivity index (χ0) is 12.1. The average molecular weight is 226 g/mol. The lowest BCUT2D eigenvalue weighted by Crippen LogP contribution is -2.18. The Labute approximate surface area is 103 Å². The minimum atomic E-state index is 0.345. The van der Waals surface area contributed by atoms with E-state index in [4.69, 9.17) is 0 Å². The van der Waals surface area contributed by atoms with Crippen molar-refractivity contribution in [3.63, 3.8) is 0 Å². The molecule has 88 valence electrons. The molecular formula is C15H18N2. The Morgan fingerprint density at radius 3 is 2.53 bits per heavy atom. The van der Waals surface area contributed by atoms with Gasteiger partial charge in [0.05, 0.1) is 5.69 Å². The lowest BCUT2D eigenvalue weighted by molar-refractivity contribution is 0.568. The summed E-state index contributed by atoms with van der Waals surface area (Å²) in [5.74, 6) is 0. The van der Waals surface area contributed by atoms with Crippen molar-refractivity contribution in [1.82, 2.24) is 10.3 Å². The Balaban J connectivity index is 1.93. The van der Waals surface area contributed by atoms with Crippen LogP contribution in [0.2, 0.25) is 0 Å². The van der Waals surface area contributed by atoms with Gasteiger partial charge in [-0.25, -0.2) is 0 Å². The van der Waals surface area contributed by atoms with Crippen LogP contribution in [0.3, 0.4) is 0 Å². The maximum Gasteiger partial charge on any atom is 0.0541 e. The first kappa shape index (κ1) is 11.8. The van der Waals surface area contributed by atoms with Crippen LogP contribution >= 0.6 is 0 Å². The number of pyridine rings is 1. The SMILES string of the molecule is Cc1ccc(C(C)NCc2ccccn2)cc1. The molecule has 0 amide bonds. The fraction of sp³-hybridized carbons (Fsp3) is 0.267. The van der Waals surface area contributed by atoms with E-state index in [-0.39, 0.29) is 0 Å². The number of hydrogen-bond donors (Lipinski definition) is 1. The Morgan fingerprint density at radius 2 is 1.88 bits per heavy atom. The van der Waals surface area contributed by atoms with Gasteiger partial charge in [0, 0.05) is 18.8 Å². The smallest absolute Gasteiger partial charge is 0.0541 e. The van der Waals surface area contributed by atoms with Crippen LogP contribution in [-0.4, -0.2) is 4.98 Å². The van der Waals surface area contributed by atoms with E-state index in [0.717, 1.165) is 12.2 Å². The van der Waals surface area contributed by atoms with Gasteiger partial charge in [0.2, 0.25) is 0 Å². The summed E-state index contributed by atoms with van der Waals surface area (Å²) >= 11 is 0. The summed E-state index contributed by atoms with van der Waals surface area (Å²) in [6.07, 6.45) is 1.83. The third-order valence-corrected chi connectivity index (χ3v) is 2.89. The molecule has 0 spiro atoms. The van der Waals surface area contributed by atoms with Crippen molar-refractivity contribution in [1.29, 1.82) is 0 Å². The fourth-order valence-corrected chi connectivity index (χ4v) is 1.73. The second-order valence-electron chi connectivity index (χ2n) is 4.33. The van der Waals surface area contributed by atoms with Gasteiger partial charge in [0.1, 0.15) is 0 Å². The van der Waals surface area contributed by atoms with Gasteiger partial charge in [0.15, 0.2) is 0 Å². The van der Waals surface area contributed by atoms with Crippen LogP contribution in [0.25, 0.3) is 0 Å². The first-order valence-corrected chi connectivity index (χ1v) is 5.95. The summed E-state index contributed by atoms with van der Waals surface area (Å²) in [7, 11) is 0. The predicted octanol–water partition coefficient (Wildman–Crippen LogP) is 3.24. The molecule has 1 aromatic carbocycles. The topological polar surface area (TPSA) is 24.9 Å². The Bertz CT molecular complexity index is 448. The van der Waals surface area contributed by atoms with E-state index < -0.39 is 0 Å². The maximum absolute atomic E-state index is 4.30. The lowest BCUT2D eigenvalue weighted by Gasteiger charge is -2.14. The molecule has 2 heteroatoms. The summed E-state index contributed by atoms with van der Waals surface area (Å²) in [6.45, 7) is 5.08. The quantitative estimate of drug-likeness (QED) is 0.865. The van der Waals surface area contributed by atoms with Crippen molar-refractivity contribution in [2.24, 2.45) is 0 Å². The largest absolute Gasteiger partial charge is 0.305 e. The minimum Gasteiger partial charge on any atom is -0.305 e. The van der Waals surface area contributed by atoms with Gasteiger partial charge < -0.3 is 5.32 Å². The normalized spacial score (nSPS) is 12.4. The van der Waals surface area contributed by atoms with E-state index in [0.29, 0.717) is 6.04 Å². The molecule has 0 aliphatic heterocycles. The van der Waals surface area contributed by atoms with E-state index >= 15 is 0 Å². The van der Waals surface area contributed by atoms with E-state index in [1.165, 1.54) is 11.1 Å². The second-order valence-corrected chi connectivity index (χ2v) is 4.33. The molecule has 0 radical (unpaired) electrons. The molecule has 0 aliphatic carbocycles. The monoisotopic (exact) mass is 226 g/mol. The third-order valence-electron chi connectivity index (χ3n) is 2.89. The molecule has 2 rings (SSSR count). The summed E-state index contributed by atoms with van der Waals surface area (Å²) in [4.78, 5) is 4.30. The highest BCUT2D eigenvalue weighted by Gasteiger charge is 2.04. The number of aromatic nitrogens is 1. The minimum absolute atomic E-state index is 0.345. The molecule has 2 aromatic rings. The molecule has 0 aliphatic rings. The second kappa shape index (κ2) is 5.60. The van der Waals surface area contributed by atoms with E-state index in [1.807, 2.05) is 24.4 Å². The van der Waals surface area contributed by atoms with Crippen LogP contribution < -0.4 is 5.32 Å². The molecule has 0 saturated heterocycles. The number of aryl methyl sites for hydroxylation is 1. The molecule has 0 saturated carbocycles. The zero-order valence-electron chi connectivity index (χ0n) is 10.4. The molecule has 0 fully saturated rings. The van der Waals surface area contributed by atoms with Gasteiger partial charge in [-0.05, 0) is 31.5 Å². The fourth-order valence-electron chi connectivity index (χ4n) is 1.73. The summed E-state index contributed by atoms with van der Waals surface area (Å²) in [5, 5.41) is 3.47. The zero-order valence-corrected chi connectivity index (χ0v) is 10.4. The molecule has 17 heavy (non-hydrogen) atoms. The summed E-state index contributed by atoms with van der Waals surface area (Å²) in [5.41, 5.74) is 3.68. The van der Waals surface area contributed by atoms with Gasteiger partial charge in [0.25, 0.3) is 0 Å². The van der Waals surface area contributed by atoms with Gasteiger partial charge in [-0.1, -0.05) is 35.9 Å². The van der Waals surface area contributed by atoms with Crippen molar-refractivity contribution in [2.75, 3.05) is 0 Å². The number of nitrogens with one attached hydrogen (secondary N) is 1. The number of hydrogen-bond acceptors (Lipinski definition) is 2. The molecule has 1 aromatic heterocycles. The summed E-state index contributed by atoms with van der Waals surface area (Å²) < 4.78 is 0. The van der Waals surface area contributed by atoms with Crippen LogP contribution in [-0.2, 0) is 6.54 Å². The van der Waals surface area contributed by atoms with Crippen LogP contribution in [0.1, 0.15) is 29.8 Å². The van der Waals surface area contributed by atoms with E-state index in [2.05, 4.69) is 48.4 Å². The Morgan fingerprint density at radius 1 is 1.12 bits per heavy atom. The Hall–Kier alpha value is -1.67. The number of benzene rings is 1. The van der Waals surface area contributed by atoms with Crippen LogP contribution in [0.4, 0.5) is 0 Å². The highest BCUT2D eigenvalue weighted by molar-refractivity contribution is 5.23. The van der Waals surface area contributed by atoms with Gasteiger partial charge in [-0.2, -0.15) is 0 Å². The predicted molar refractivity (Wildman–Crippen MR) is 70.7 cm³/mol. The average Bonchev–Trinajstić information content (AvgIpc) is 2.38. The van der Waals surface area contributed by atoms with Crippen LogP contribution in [0.15, 0.2) is 48.7 Å².